The van der Waals surface area contributed by atoms with Gasteiger partial charge in [0.2, 0.25) is 11.7 Å². The molecule has 3 rings (SSSR count). The van der Waals surface area contributed by atoms with E-state index >= 15 is 0 Å². The number of aromatic nitrogens is 1. The molecule has 0 saturated heterocycles. The van der Waals surface area contributed by atoms with Crippen molar-refractivity contribution in [3.8, 4) is 11.5 Å². The number of aromatic carboxylic acids is 1. The van der Waals surface area contributed by atoms with Gasteiger partial charge >= 0.3 is 5.97 Å². The Morgan fingerprint density at radius 1 is 1.20 bits per heavy atom. The van der Waals surface area contributed by atoms with Crippen molar-refractivity contribution in [1.29, 1.82) is 0 Å². The summed E-state index contributed by atoms with van der Waals surface area (Å²) in [5.74, 6) is -0.799. The minimum atomic E-state index is -1.08. The number of benzene rings is 2. The summed E-state index contributed by atoms with van der Waals surface area (Å²) >= 11 is 0. The molecule has 0 aliphatic rings. The van der Waals surface area contributed by atoms with E-state index < -0.39 is 5.97 Å². The van der Waals surface area contributed by atoms with Crippen molar-refractivity contribution < 1.29 is 14.3 Å². The van der Waals surface area contributed by atoms with E-state index in [-0.39, 0.29) is 5.76 Å². The number of hydrogen-bond acceptors (Lipinski definition) is 3. The molecule has 1 N–H and O–H groups in total. The van der Waals surface area contributed by atoms with Crippen LogP contribution in [0.5, 0.6) is 0 Å². The maximum absolute atomic E-state index is 11.2. The van der Waals surface area contributed by atoms with Crippen LogP contribution in [-0.2, 0) is 6.42 Å². The van der Waals surface area contributed by atoms with Crippen LogP contribution in [0.3, 0.4) is 0 Å². The van der Waals surface area contributed by atoms with Crippen LogP contribution in [0.15, 0.2) is 46.9 Å². The van der Waals surface area contributed by atoms with Crippen molar-refractivity contribution in [2.75, 3.05) is 0 Å². The fourth-order valence-electron chi connectivity index (χ4n) is 2.29. The summed E-state index contributed by atoms with van der Waals surface area (Å²) in [6.07, 6.45) is 0.524. The van der Waals surface area contributed by atoms with Gasteiger partial charge in [0, 0.05) is 5.56 Å². The van der Waals surface area contributed by atoms with Crippen LogP contribution in [0.2, 0.25) is 0 Å². The van der Waals surface area contributed by atoms with Crippen LogP contribution in [0, 0.1) is 0 Å². The van der Waals surface area contributed by atoms with Gasteiger partial charge in [-0.2, -0.15) is 0 Å². The normalized spacial score (nSPS) is 10.8. The van der Waals surface area contributed by atoms with Gasteiger partial charge < -0.3 is 9.52 Å². The standard InChI is InChI=1S/C16H13NO3/c1-2-13-14(16(18)19)20-15(17-13)12-9-5-7-10-6-3-4-8-11(10)12/h3-9H,2H2,1H3,(H,18,19). The second-order valence-corrected chi connectivity index (χ2v) is 4.48. The lowest BCUT2D eigenvalue weighted by Crippen LogP contribution is -1.98. The van der Waals surface area contributed by atoms with E-state index in [0.29, 0.717) is 18.0 Å². The third kappa shape index (κ3) is 1.95. The van der Waals surface area contributed by atoms with E-state index in [2.05, 4.69) is 4.98 Å². The fraction of sp³-hybridized carbons (Fsp3) is 0.125. The van der Waals surface area contributed by atoms with Crippen LogP contribution < -0.4 is 0 Å². The summed E-state index contributed by atoms with van der Waals surface area (Å²) in [6, 6.07) is 13.7. The first kappa shape index (κ1) is 12.4. The Kier molecular flexibility index (Phi) is 2.99. The van der Waals surface area contributed by atoms with E-state index in [9.17, 15) is 4.79 Å². The van der Waals surface area contributed by atoms with Gasteiger partial charge in [-0.05, 0) is 23.3 Å². The zero-order valence-corrected chi connectivity index (χ0v) is 11.0. The van der Waals surface area contributed by atoms with Crippen molar-refractivity contribution in [3.05, 3.63) is 53.9 Å². The summed E-state index contributed by atoms with van der Waals surface area (Å²) in [6.45, 7) is 1.86. The molecule has 1 heterocycles. The van der Waals surface area contributed by atoms with Crippen LogP contribution in [0.25, 0.3) is 22.2 Å². The Labute approximate surface area is 115 Å². The predicted octanol–water partition coefficient (Wildman–Crippen LogP) is 3.76. The summed E-state index contributed by atoms with van der Waals surface area (Å²) in [5.41, 5.74) is 1.28. The molecule has 0 aliphatic carbocycles. The molecule has 0 fully saturated rings. The molecule has 20 heavy (non-hydrogen) atoms. The molecule has 0 atom stereocenters. The van der Waals surface area contributed by atoms with E-state index in [1.54, 1.807) is 0 Å². The SMILES string of the molecule is CCc1nc(-c2cccc3ccccc23)oc1C(=O)O. The Balaban J connectivity index is 2.23. The molecule has 2 aromatic carbocycles. The Bertz CT molecular complexity index is 784. The smallest absolute Gasteiger partial charge is 0.373 e. The Hall–Kier alpha value is -2.62. The lowest BCUT2D eigenvalue weighted by atomic mass is 10.0. The highest BCUT2D eigenvalue weighted by Crippen LogP contribution is 2.29. The van der Waals surface area contributed by atoms with Gasteiger partial charge in [0.1, 0.15) is 0 Å². The highest BCUT2D eigenvalue weighted by Gasteiger charge is 2.19. The van der Waals surface area contributed by atoms with Gasteiger partial charge in [0.05, 0.1) is 5.69 Å². The molecule has 0 aliphatic heterocycles. The Morgan fingerprint density at radius 3 is 2.65 bits per heavy atom. The molecule has 0 bridgehead atoms. The molecular weight excluding hydrogens is 254 g/mol. The zero-order chi connectivity index (χ0) is 14.1. The minimum Gasteiger partial charge on any atom is -0.475 e. The van der Waals surface area contributed by atoms with Crippen molar-refractivity contribution in [1.82, 2.24) is 4.98 Å². The quantitative estimate of drug-likeness (QED) is 0.784. The average molecular weight is 267 g/mol. The van der Waals surface area contributed by atoms with Crippen LogP contribution in [0.1, 0.15) is 23.2 Å². The third-order valence-electron chi connectivity index (χ3n) is 3.25. The van der Waals surface area contributed by atoms with E-state index in [4.69, 9.17) is 9.52 Å². The molecule has 4 heteroatoms. The minimum absolute atomic E-state index is 0.0737. The zero-order valence-electron chi connectivity index (χ0n) is 11.0. The highest BCUT2D eigenvalue weighted by atomic mass is 16.4. The molecule has 0 amide bonds. The number of fused-ring (bicyclic) bond motifs is 1. The molecular formula is C16H13NO3. The van der Waals surface area contributed by atoms with Gasteiger partial charge in [0.15, 0.2) is 0 Å². The number of carbonyl (C=O) groups is 1. The number of carboxylic acids is 1. The van der Waals surface area contributed by atoms with E-state index in [1.165, 1.54) is 0 Å². The van der Waals surface area contributed by atoms with Crippen molar-refractivity contribution in [2.45, 2.75) is 13.3 Å². The summed E-state index contributed by atoms with van der Waals surface area (Å²) in [5, 5.41) is 11.2. The van der Waals surface area contributed by atoms with Gasteiger partial charge in [-0.1, -0.05) is 43.3 Å². The fourth-order valence-corrected chi connectivity index (χ4v) is 2.29. The second kappa shape index (κ2) is 4.81. The van der Waals surface area contributed by atoms with Gasteiger partial charge in [-0.25, -0.2) is 9.78 Å². The predicted molar refractivity (Wildman–Crippen MR) is 75.8 cm³/mol. The van der Waals surface area contributed by atoms with Crippen molar-refractivity contribution >= 4 is 16.7 Å². The topological polar surface area (TPSA) is 63.3 Å². The van der Waals surface area contributed by atoms with E-state index in [0.717, 1.165) is 16.3 Å². The maximum atomic E-state index is 11.2. The lowest BCUT2D eigenvalue weighted by Gasteiger charge is -2.02. The molecule has 100 valence electrons. The summed E-state index contributed by atoms with van der Waals surface area (Å²) in [4.78, 5) is 15.5. The van der Waals surface area contributed by atoms with Crippen LogP contribution >= 0.6 is 0 Å². The highest BCUT2D eigenvalue weighted by molar-refractivity contribution is 5.95. The van der Waals surface area contributed by atoms with Crippen LogP contribution in [0.4, 0.5) is 0 Å². The van der Waals surface area contributed by atoms with Gasteiger partial charge in [-0.15, -0.1) is 0 Å². The van der Waals surface area contributed by atoms with Crippen LogP contribution in [-0.4, -0.2) is 16.1 Å². The molecule has 4 nitrogen and oxygen atoms in total. The average Bonchev–Trinajstić information content (AvgIpc) is 2.91. The summed E-state index contributed by atoms with van der Waals surface area (Å²) < 4.78 is 5.45. The number of hydrogen-bond donors (Lipinski definition) is 1. The third-order valence-corrected chi connectivity index (χ3v) is 3.25. The largest absolute Gasteiger partial charge is 0.475 e. The number of oxazole rings is 1. The summed E-state index contributed by atoms with van der Waals surface area (Å²) in [7, 11) is 0. The molecule has 0 radical (unpaired) electrons. The monoisotopic (exact) mass is 267 g/mol. The second-order valence-electron chi connectivity index (χ2n) is 4.48. The molecule has 0 saturated carbocycles. The number of carboxylic acid groups (broad SMARTS) is 1. The Morgan fingerprint density at radius 2 is 1.95 bits per heavy atom. The lowest BCUT2D eigenvalue weighted by molar-refractivity contribution is 0.0662. The number of rotatable bonds is 3. The number of aryl methyl sites for hydroxylation is 1. The van der Waals surface area contributed by atoms with Crippen molar-refractivity contribution in [2.24, 2.45) is 0 Å². The maximum Gasteiger partial charge on any atom is 0.373 e. The van der Waals surface area contributed by atoms with Crippen molar-refractivity contribution in [3.63, 3.8) is 0 Å². The molecule has 0 unspecified atom stereocenters. The number of nitrogens with zero attached hydrogens (tertiary/aromatic N) is 1. The first-order chi connectivity index (χ1) is 9.70. The first-order valence-corrected chi connectivity index (χ1v) is 6.42. The van der Waals surface area contributed by atoms with Gasteiger partial charge in [0.25, 0.3) is 0 Å². The molecule has 0 spiro atoms. The first-order valence-electron chi connectivity index (χ1n) is 6.42. The molecule has 1 aromatic heterocycles. The molecule has 3 aromatic rings. The van der Waals surface area contributed by atoms with E-state index in [1.807, 2.05) is 49.4 Å². The van der Waals surface area contributed by atoms with Gasteiger partial charge in [-0.3, -0.25) is 0 Å².